The summed E-state index contributed by atoms with van der Waals surface area (Å²) in [6.07, 6.45) is 0. The molecule has 0 aliphatic rings. The summed E-state index contributed by atoms with van der Waals surface area (Å²) in [7, 11) is 0. The Labute approximate surface area is 295 Å². The van der Waals surface area contributed by atoms with Crippen molar-refractivity contribution >= 4 is 75.5 Å². The van der Waals surface area contributed by atoms with Crippen molar-refractivity contribution in [1.82, 2.24) is 9.97 Å². The van der Waals surface area contributed by atoms with Crippen molar-refractivity contribution in [3.05, 3.63) is 158 Å². The highest BCUT2D eigenvalue weighted by atomic mass is 32.1. The lowest BCUT2D eigenvalue weighted by Gasteiger charge is -2.08. The second-order valence-corrected chi connectivity index (χ2v) is 13.9. The summed E-state index contributed by atoms with van der Waals surface area (Å²) in [5.41, 5.74) is 11.6. The summed E-state index contributed by atoms with van der Waals surface area (Å²) in [6.45, 7) is 0. The third-order valence-electron chi connectivity index (χ3n) is 9.94. The minimum absolute atomic E-state index is 0.618. The molecular formula is C46H26N2O2S. The molecule has 11 rings (SSSR count). The first-order valence-corrected chi connectivity index (χ1v) is 17.8. The van der Waals surface area contributed by atoms with Crippen LogP contribution in [0.2, 0.25) is 0 Å². The Morgan fingerprint density at radius 3 is 1.67 bits per heavy atom. The van der Waals surface area contributed by atoms with Crippen LogP contribution in [0.4, 0.5) is 0 Å². The SMILES string of the molecule is c1ccc(-c2ccc(-c3ccc4sc5c(-c6cccc7c6oc6ccccc67)nc(-c6cccc7c6oc6ccccc67)nc5c4c3)cc2)cc1. The average molecular weight is 671 g/mol. The van der Waals surface area contributed by atoms with Crippen molar-refractivity contribution < 1.29 is 8.83 Å². The highest BCUT2D eigenvalue weighted by Crippen LogP contribution is 2.45. The zero-order valence-electron chi connectivity index (χ0n) is 27.1. The molecule has 4 aromatic heterocycles. The van der Waals surface area contributed by atoms with Gasteiger partial charge in [0, 0.05) is 37.2 Å². The highest BCUT2D eigenvalue weighted by Gasteiger charge is 2.22. The molecule has 0 aliphatic carbocycles. The van der Waals surface area contributed by atoms with Crippen LogP contribution in [0.15, 0.2) is 167 Å². The predicted octanol–water partition coefficient (Wildman–Crippen LogP) is 13.3. The maximum atomic E-state index is 6.56. The van der Waals surface area contributed by atoms with Gasteiger partial charge in [-0.3, -0.25) is 0 Å². The predicted molar refractivity (Wildman–Crippen MR) is 211 cm³/mol. The molecule has 0 spiro atoms. The molecule has 4 heterocycles. The number of para-hydroxylation sites is 4. The van der Waals surface area contributed by atoms with Gasteiger partial charge in [0.05, 0.1) is 21.5 Å². The molecule has 238 valence electrons. The summed E-state index contributed by atoms with van der Waals surface area (Å²) in [5.74, 6) is 0.618. The Hall–Kier alpha value is -6.56. The van der Waals surface area contributed by atoms with Crippen LogP contribution in [-0.2, 0) is 0 Å². The van der Waals surface area contributed by atoms with E-state index in [1.54, 1.807) is 11.3 Å². The van der Waals surface area contributed by atoms with Crippen LogP contribution in [0.1, 0.15) is 0 Å². The number of hydrogen-bond acceptors (Lipinski definition) is 5. The molecule has 0 N–H and O–H groups in total. The maximum Gasteiger partial charge on any atom is 0.164 e. The number of rotatable bonds is 4. The van der Waals surface area contributed by atoms with E-state index >= 15 is 0 Å². The van der Waals surface area contributed by atoms with E-state index in [9.17, 15) is 0 Å². The molecule has 4 nitrogen and oxygen atoms in total. The first-order chi connectivity index (χ1) is 25.3. The number of benzene rings is 7. The van der Waals surface area contributed by atoms with Gasteiger partial charge in [0.1, 0.15) is 22.3 Å². The second kappa shape index (κ2) is 11.0. The van der Waals surface area contributed by atoms with Gasteiger partial charge in [0.15, 0.2) is 5.82 Å². The van der Waals surface area contributed by atoms with E-state index < -0.39 is 0 Å². The van der Waals surface area contributed by atoms with Crippen LogP contribution < -0.4 is 0 Å². The molecule has 51 heavy (non-hydrogen) atoms. The molecule has 0 saturated heterocycles. The minimum Gasteiger partial charge on any atom is -0.455 e. The number of aromatic nitrogens is 2. The van der Waals surface area contributed by atoms with Crippen LogP contribution in [0.25, 0.3) is 109 Å². The minimum atomic E-state index is 0.618. The van der Waals surface area contributed by atoms with Gasteiger partial charge in [-0.25, -0.2) is 9.97 Å². The lowest BCUT2D eigenvalue weighted by atomic mass is 9.99. The van der Waals surface area contributed by atoms with Crippen LogP contribution >= 0.6 is 11.3 Å². The summed E-state index contributed by atoms with van der Waals surface area (Å²) in [4.78, 5) is 10.7. The van der Waals surface area contributed by atoms with Gasteiger partial charge in [0.2, 0.25) is 0 Å². The van der Waals surface area contributed by atoms with Crippen molar-refractivity contribution in [1.29, 1.82) is 0 Å². The molecule has 0 bridgehead atoms. The van der Waals surface area contributed by atoms with Crippen LogP contribution in [0.3, 0.4) is 0 Å². The summed E-state index contributed by atoms with van der Waals surface area (Å²) >= 11 is 1.72. The third kappa shape index (κ3) is 4.38. The molecule has 0 atom stereocenters. The molecule has 0 aliphatic heterocycles. The number of nitrogens with zero attached hydrogens (tertiary/aromatic N) is 2. The van der Waals surface area contributed by atoms with E-state index in [-0.39, 0.29) is 0 Å². The van der Waals surface area contributed by atoms with E-state index in [2.05, 4.69) is 121 Å². The Kier molecular flexibility index (Phi) is 6.09. The zero-order valence-corrected chi connectivity index (χ0v) is 27.9. The summed E-state index contributed by atoms with van der Waals surface area (Å²) < 4.78 is 15.2. The van der Waals surface area contributed by atoms with Crippen LogP contribution in [0, 0.1) is 0 Å². The molecule has 0 radical (unpaired) electrons. The van der Waals surface area contributed by atoms with Crippen LogP contribution in [0.5, 0.6) is 0 Å². The topological polar surface area (TPSA) is 52.1 Å². The highest BCUT2D eigenvalue weighted by molar-refractivity contribution is 7.26. The first kappa shape index (κ1) is 28.3. The van der Waals surface area contributed by atoms with E-state index in [1.165, 1.54) is 11.1 Å². The summed E-state index contributed by atoms with van der Waals surface area (Å²) in [6, 6.07) is 54.9. The van der Waals surface area contributed by atoms with Crippen molar-refractivity contribution in [2.75, 3.05) is 0 Å². The summed E-state index contributed by atoms with van der Waals surface area (Å²) in [5, 5.41) is 5.37. The van der Waals surface area contributed by atoms with E-state index in [0.29, 0.717) is 5.82 Å². The molecule has 5 heteroatoms. The smallest absolute Gasteiger partial charge is 0.164 e. The molecule has 0 unspecified atom stereocenters. The molecule has 0 amide bonds. The van der Waals surface area contributed by atoms with Crippen LogP contribution in [-0.4, -0.2) is 9.97 Å². The number of thiophene rings is 1. The second-order valence-electron chi connectivity index (χ2n) is 12.9. The molecule has 0 saturated carbocycles. The fourth-order valence-corrected chi connectivity index (χ4v) is 8.60. The largest absolute Gasteiger partial charge is 0.455 e. The molecule has 11 aromatic rings. The van der Waals surface area contributed by atoms with Gasteiger partial charge in [-0.1, -0.05) is 121 Å². The van der Waals surface area contributed by atoms with E-state index in [0.717, 1.165) is 92.1 Å². The molecular weight excluding hydrogens is 645 g/mol. The van der Waals surface area contributed by atoms with Gasteiger partial charge in [-0.2, -0.15) is 0 Å². The lowest BCUT2D eigenvalue weighted by Crippen LogP contribution is -1.94. The van der Waals surface area contributed by atoms with Gasteiger partial charge in [-0.15, -0.1) is 11.3 Å². The Morgan fingerprint density at radius 1 is 0.412 bits per heavy atom. The third-order valence-corrected chi connectivity index (χ3v) is 11.1. The van der Waals surface area contributed by atoms with E-state index in [4.69, 9.17) is 18.8 Å². The number of hydrogen-bond donors (Lipinski definition) is 0. The van der Waals surface area contributed by atoms with Crippen molar-refractivity contribution in [2.45, 2.75) is 0 Å². The average Bonchev–Trinajstić information content (AvgIpc) is 3.89. The number of furan rings is 2. The van der Waals surface area contributed by atoms with Crippen molar-refractivity contribution in [3.63, 3.8) is 0 Å². The van der Waals surface area contributed by atoms with Gasteiger partial charge in [0.25, 0.3) is 0 Å². The standard InChI is InChI=1S/C46H26N2O2S/c1-2-10-27(11-3-1)28-20-22-29(23-21-28)30-24-25-40-37(26-30)42-45(51-40)41(35-16-8-14-33-31-12-4-6-18-38(31)49-43(33)35)47-46(48-42)36-17-9-15-34-32-13-5-7-19-39(32)50-44(34)36/h1-26H. The number of fused-ring (bicyclic) bond motifs is 9. The fourth-order valence-electron chi connectivity index (χ4n) is 7.47. The van der Waals surface area contributed by atoms with Gasteiger partial charge < -0.3 is 8.83 Å². The van der Waals surface area contributed by atoms with E-state index in [1.807, 2.05) is 36.4 Å². The van der Waals surface area contributed by atoms with Crippen molar-refractivity contribution in [2.24, 2.45) is 0 Å². The fraction of sp³-hybridized carbons (Fsp3) is 0. The molecule has 0 fully saturated rings. The van der Waals surface area contributed by atoms with Gasteiger partial charge in [-0.05, 0) is 58.7 Å². The van der Waals surface area contributed by atoms with Gasteiger partial charge >= 0.3 is 0 Å². The molecule has 7 aromatic carbocycles. The first-order valence-electron chi connectivity index (χ1n) is 17.0. The monoisotopic (exact) mass is 670 g/mol. The zero-order chi connectivity index (χ0) is 33.5. The van der Waals surface area contributed by atoms with Crippen molar-refractivity contribution in [3.8, 4) is 44.9 Å². The Morgan fingerprint density at radius 2 is 0.961 bits per heavy atom. The maximum absolute atomic E-state index is 6.56. The Bertz CT molecular complexity index is 3130. The lowest BCUT2D eigenvalue weighted by molar-refractivity contribution is 0.669. The quantitative estimate of drug-likeness (QED) is 0.187. The Balaban J connectivity index is 1.17. The normalized spacial score (nSPS) is 11.9.